The maximum Gasteiger partial charge on any atom is 0.476 e. The highest BCUT2D eigenvalue weighted by molar-refractivity contribution is 7.48. The molecule has 0 bridgehead atoms. The van der Waals surface area contributed by atoms with Crippen molar-refractivity contribution in [3.63, 3.8) is 0 Å². The van der Waals surface area contributed by atoms with Crippen molar-refractivity contribution in [2.45, 2.75) is 62.9 Å². The van der Waals surface area contributed by atoms with Gasteiger partial charge in [-0.1, -0.05) is 0 Å². The van der Waals surface area contributed by atoms with Crippen molar-refractivity contribution in [2.24, 2.45) is 0 Å². The largest absolute Gasteiger partial charge is 0.476 e. The van der Waals surface area contributed by atoms with Crippen LogP contribution in [-0.4, -0.2) is 59.7 Å². The Morgan fingerprint density at radius 3 is 2.74 bits per heavy atom. The molecule has 3 aromatic heterocycles. The Kier molecular flexibility index (Phi) is 5.96. The second-order valence-electron chi connectivity index (χ2n) is 9.59. The standard InChI is InChI=1S/C22H28N5O7P/c1-21(2)10-15(13-4-7-24-8-5-13)33-35(30,34-21)31-11-16-17(28)22(3,29)20(32-16)27-9-6-14-18(23)25-12-26-19(14)27/h4-9,12,15-17,20,28-29H,10-11H2,1-3H3,(H2,23,25,26)/t15-,16+,17+,20+,22+,35+/m0/s1. The first-order chi connectivity index (χ1) is 16.5. The summed E-state index contributed by atoms with van der Waals surface area (Å²) in [5.74, 6) is 0.280. The normalized spacial score (nSPS) is 34.9. The van der Waals surface area contributed by atoms with Gasteiger partial charge in [-0.25, -0.2) is 14.5 Å². The Morgan fingerprint density at radius 2 is 2.00 bits per heavy atom. The Morgan fingerprint density at radius 1 is 1.26 bits per heavy atom. The number of aliphatic hydroxyl groups is 2. The van der Waals surface area contributed by atoms with E-state index in [9.17, 15) is 14.8 Å². The summed E-state index contributed by atoms with van der Waals surface area (Å²) in [5, 5.41) is 22.5. The van der Waals surface area contributed by atoms with Gasteiger partial charge in [-0.2, -0.15) is 0 Å². The summed E-state index contributed by atoms with van der Waals surface area (Å²) in [7, 11) is -4.04. The van der Waals surface area contributed by atoms with Gasteiger partial charge in [0.05, 0.1) is 23.7 Å². The number of hydrogen-bond donors (Lipinski definition) is 3. The topological polar surface area (TPSA) is 164 Å². The maximum absolute atomic E-state index is 13.5. The third kappa shape index (κ3) is 4.47. The zero-order valence-corrected chi connectivity index (χ0v) is 20.4. The number of aromatic nitrogens is 4. The van der Waals surface area contributed by atoms with E-state index in [1.807, 2.05) is 0 Å². The lowest BCUT2D eigenvalue weighted by Gasteiger charge is -2.39. The molecule has 35 heavy (non-hydrogen) atoms. The lowest BCUT2D eigenvalue weighted by Crippen LogP contribution is -2.44. The number of rotatable bonds is 5. The molecule has 13 heteroatoms. The average Bonchev–Trinajstić information content (AvgIpc) is 3.31. The zero-order valence-electron chi connectivity index (χ0n) is 19.5. The molecule has 3 aromatic rings. The van der Waals surface area contributed by atoms with Crippen LogP contribution >= 0.6 is 7.82 Å². The first-order valence-corrected chi connectivity index (χ1v) is 12.6. The number of anilines is 1. The van der Waals surface area contributed by atoms with Crippen LogP contribution in [0, 0.1) is 0 Å². The van der Waals surface area contributed by atoms with Crippen LogP contribution in [0.25, 0.3) is 11.0 Å². The van der Waals surface area contributed by atoms with Gasteiger partial charge in [0, 0.05) is 25.0 Å². The molecule has 2 aliphatic rings. The number of aliphatic hydroxyl groups excluding tert-OH is 1. The number of pyridine rings is 1. The van der Waals surface area contributed by atoms with E-state index in [1.165, 1.54) is 13.3 Å². The Labute approximate surface area is 201 Å². The van der Waals surface area contributed by atoms with E-state index in [-0.39, 0.29) is 12.4 Å². The number of nitrogens with zero attached hydrogens (tertiary/aromatic N) is 4. The Balaban J connectivity index is 1.34. The summed E-state index contributed by atoms with van der Waals surface area (Å²) in [5.41, 5.74) is 4.62. The maximum atomic E-state index is 13.5. The lowest BCUT2D eigenvalue weighted by atomic mass is 9.96. The molecular weight excluding hydrogens is 477 g/mol. The van der Waals surface area contributed by atoms with Gasteiger partial charge in [0.1, 0.15) is 35.6 Å². The van der Waals surface area contributed by atoms with E-state index in [1.54, 1.807) is 55.2 Å². The molecule has 0 spiro atoms. The molecule has 2 saturated heterocycles. The van der Waals surface area contributed by atoms with Crippen molar-refractivity contribution in [3.8, 4) is 0 Å². The summed E-state index contributed by atoms with van der Waals surface area (Å²) in [6.45, 7) is 4.69. The van der Waals surface area contributed by atoms with Crippen LogP contribution in [-0.2, 0) is 22.9 Å². The number of hydrogen-bond acceptors (Lipinski definition) is 11. The summed E-state index contributed by atoms with van der Waals surface area (Å²) in [6, 6.07) is 5.25. The minimum Gasteiger partial charge on any atom is -0.387 e. The van der Waals surface area contributed by atoms with Crippen molar-refractivity contribution >= 4 is 24.7 Å². The monoisotopic (exact) mass is 505 g/mol. The molecule has 5 rings (SSSR count). The molecule has 0 unspecified atom stereocenters. The molecule has 0 saturated carbocycles. The van der Waals surface area contributed by atoms with Gasteiger partial charge in [-0.15, -0.1) is 0 Å². The third-order valence-electron chi connectivity index (χ3n) is 6.31. The van der Waals surface area contributed by atoms with Gasteiger partial charge in [-0.3, -0.25) is 18.6 Å². The predicted molar refractivity (Wildman–Crippen MR) is 124 cm³/mol. The van der Waals surface area contributed by atoms with Crippen molar-refractivity contribution < 1.29 is 33.1 Å². The second-order valence-corrected chi connectivity index (χ2v) is 11.1. The second kappa shape index (κ2) is 8.59. The molecule has 12 nitrogen and oxygen atoms in total. The van der Waals surface area contributed by atoms with E-state index < -0.39 is 43.6 Å². The van der Waals surface area contributed by atoms with Crippen LogP contribution < -0.4 is 5.73 Å². The quantitative estimate of drug-likeness (QED) is 0.436. The fourth-order valence-electron chi connectivity index (χ4n) is 4.54. The van der Waals surface area contributed by atoms with Crippen LogP contribution in [0.2, 0.25) is 0 Å². The molecule has 5 heterocycles. The number of fused-ring (bicyclic) bond motifs is 1. The minimum atomic E-state index is -4.04. The van der Waals surface area contributed by atoms with Gasteiger partial charge < -0.3 is 25.3 Å². The summed E-state index contributed by atoms with van der Waals surface area (Å²) >= 11 is 0. The highest BCUT2D eigenvalue weighted by Crippen LogP contribution is 2.61. The minimum absolute atomic E-state index is 0.280. The smallest absolute Gasteiger partial charge is 0.387 e. The molecular formula is C22H28N5O7P. The summed E-state index contributed by atoms with van der Waals surface area (Å²) in [4.78, 5) is 12.2. The number of phosphoric ester groups is 1. The summed E-state index contributed by atoms with van der Waals surface area (Å²) in [6.07, 6.45) is 2.69. The van der Waals surface area contributed by atoms with Crippen LogP contribution in [0.4, 0.5) is 5.82 Å². The van der Waals surface area contributed by atoms with Gasteiger partial charge in [0.2, 0.25) is 0 Å². The molecule has 2 fully saturated rings. The molecule has 4 N–H and O–H groups in total. The highest BCUT2D eigenvalue weighted by Gasteiger charge is 2.54. The fourth-order valence-corrected chi connectivity index (χ4v) is 6.21. The van der Waals surface area contributed by atoms with Gasteiger partial charge in [0.25, 0.3) is 0 Å². The van der Waals surface area contributed by atoms with Crippen LogP contribution in [0.5, 0.6) is 0 Å². The SMILES string of the molecule is CC1(C)C[C@@H](c2ccncc2)O[P@@](=O)(OC[C@H]2O[C@@H](n3ccc4c(N)ncnc43)[C@](C)(O)[C@@H]2O)O1. The molecule has 0 aromatic carbocycles. The number of nitrogens with two attached hydrogens (primary N) is 1. The first kappa shape index (κ1) is 24.3. The third-order valence-corrected chi connectivity index (χ3v) is 8.01. The van der Waals surface area contributed by atoms with E-state index in [0.717, 1.165) is 5.56 Å². The van der Waals surface area contributed by atoms with E-state index >= 15 is 0 Å². The number of nitrogen functional groups attached to an aromatic ring is 1. The van der Waals surface area contributed by atoms with Crippen molar-refractivity contribution in [1.29, 1.82) is 0 Å². The van der Waals surface area contributed by atoms with E-state index in [4.69, 9.17) is 24.0 Å². The van der Waals surface area contributed by atoms with Crippen LogP contribution in [0.3, 0.4) is 0 Å². The van der Waals surface area contributed by atoms with Gasteiger partial charge in [-0.05, 0) is 44.5 Å². The fraction of sp³-hybridized carbons (Fsp3) is 0.500. The number of ether oxygens (including phenoxy) is 1. The van der Waals surface area contributed by atoms with Crippen LogP contribution in [0.1, 0.15) is 45.1 Å². The Bertz CT molecular complexity index is 1270. The molecule has 2 aliphatic heterocycles. The van der Waals surface area contributed by atoms with Crippen LogP contribution in [0.15, 0.2) is 43.1 Å². The summed E-state index contributed by atoms with van der Waals surface area (Å²) < 4.78 is 38.1. The van der Waals surface area contributed by atoms with E-state index in [2.05, 4.69) is 15.0 Å². The first-order valence-electron chi connectivity index (χ1n) is 11.2. The van der Waals surface area contributed by atoms with Gasteiger partial charge in [0.15, 0.2) is 6.23 Å². The molecule has 0 amide bonds. The lowest BCUT2D eigenvalue weighted by molar-refractivity contribution is -0.0965. The molecule has 0 radical (unpaired) electrons. The van der Waals surface area contributed by atoms with E-state index in [0.29, 0.717) is 17.5 Å². The predicted octanol–water partition coefficient (Wildman–Crippen LogP) is 2.50. The highest BCUT2D eigenvalue weighted by atomic mass is 31.2. The average molecular weight is 505 g/mol. The number of phosphoric acid groups is 1. The Hall–Kier alpha value is -2.44. The molecule has 188 valence electrons. The molecule has 6 atom stereocenters. The van der Waals surface area contributed by atoms with Gasteiger partial charge >= 0.3 is 7.82 Å². The van der Waals surface area contributed by atoms with Crippen molar-refractivity contribution in [2.75, 3.05) is 12.3 Å². The van der Waals surface area contributed by atoms with Crippen molar-refractivity contribution in [3.05, 3.63) is 48.7 Å². The van der Waals surface area contributed by atoms with Crippen molar-refractivity contribution in [1.82, 2.24) is 19.5 Å². The molecule has 0 aliphatic carbocycles. The zero-order chi connectivity index (χ0) is 25.0.